The van der Waals surface area contributed by atoms with Crippen LogP contribution >= 0.6 is 23.4 Å². The topological polar surface area (TPSA) is 97.5 Å². The number of nitrogens with one attached hydrogen (secondary N) is 1. The van der Waals surface area contributed by atoms with Crippen molar-refractivity contribution >= 4 is 34.5 Å². The number of nitrogens with zero attached hydrogens (tertiary/aromatic N) is 1. The normalized spacial score (nSPS) is 9.71. The number of benzene rings is 1. The smallest absolute Gasteiger partial charge is 0.193 e. The van der Waals surface area contributed by atoms with E-state index in [2.05, 4.69) is 4.99 Å². The number of guanidine groups is 1. The Kier molecular flexibility index (Phi) is 5.65. The van der Waals surface area contributed by atoms with Crippen molar-refractivity contribution < 1.29 is 4.74 Å². The van der Waals surface area contributed by atoms with Gasteiger partial charge in [0.05, 0.1) is 6.61 Å². The van der Waals surface area contributed by atoms with E-state index < -0.39 is 0 Å². The number of rotatable bonds is 4. The quantitative estimate of drug-likeness (QED) is 0.441. The summed E-state index contributed by atoms with van der Waals surface area (Å²) in [6.45, 7) is 0.467. The van der Waals surface area contributed by atoms with E-state index in [1.165, 1.54) is 11.8 Å². The number of nitrogens with two attached hydrogens (primary N) is 2. The Morgan fingerprint density at radius 1 is 1.35 bits per heavy atom. The van der Waals surface area contributed by atoms with Gasteiger partial charge in [-0.1, -0.05) is 23.4 Å². The number of amidine groups is 1. The Hall–Kier alpha value is -1.40. The van der Waals surface area contributed by atoms with Crippen LogP contribution in [0, 0.1) is 5.41 Å². The molecule has 1 aromatic rings. The minimum absolute atomic E-state index is 0.0738. The van der Waals surface area contributed by atoms with Gasteiger partial charge in [0.1, 0.15) is 5.75 Å². The predicted octanol–water partition coefficient (Wildman–Crippen LogP) is 1.66. The van der Waals surface area contributed by atoms with Gasteiger partial charge in [0.15, 0.2) is 11.1 Å². The van der Waals surface area contributed by atoms with Crippen molar-refractivity contribution in [2.45, 2.75) is 0 Å². The lowest BCUT2D eigenvalue weighted by Gasteiger charge is -2.05. The molecular weight excluding hydrogens is 260 g/mol. The Bertz CT molecular complexity index is 403. The van der Waals surface area contributed by atoms with Crippen molar-refractivity contribution in [1.29, 1.82) is 5.41 Å². The van der Waals surface area contributed by atoms with Crippen molar-refractivity contribution in [2.75, 3.05) is 12.4 Å². The fraction of sp³-hybridized carbons (Fsp3) is 0.200. The fourth-order valence-corrected chi connectivity index (χ4v) is 1.63. The van der Waals surface area contributed by atoms with Gasteiger partial charge in [-0.3, -0.25) is 5.41 Å². The summed E-state index contributed by atoms with van der Waals surface area (Å²) in [6.07, 6.45) is 0. The van der Waals surface area contributed by atoms with Crippen molar-refractivity contribution in [2.24, 2.45) is 16.5 Å². The number of aliphatic imine (C=N–C) groups is 1. The molecule has 0 aliphatic rings. The van der Waals surface area contributed by atoms with E-state index in [1.54, 1.807) is 24.3 Å². The third kappa shape index (κ3) is 6.03. The third-order valence-corrected chi connectivity index (χ3v) is 2.62. The first kappa shape index (κ1) is 13.7. The van der Waals surface area contributed by atoms with Gasteiger partial charge in [0, 0.05) is 10.8 Å². The molecule has 0 atom stereocenters. The summed E-state index contributed by atoms with van der Waals surface area (Å²) in [5, 5.41) is 8.11. The van der Waals surface area contributed by atoms with Crippen LogP contribution in [0.4, 0.5) is 0 Å². The second kappa shape index (κ2) is 7.03. The highest BCUT2D eigenvalue weighted by molar-refractivity contribution is 8.13. The maximum atomic E-state index is 7.37. The van der Waals surface area contributed by atoms with Gasteiger partial charge < -0.3 is 16.2 Å². The van der Waals surface area contributed by atoms with E-state index in [-0.39, 0.29) is 11.1 Å². The van der Waals surface area contributed by atoms with Crippen LogP contribution in [0.3, 0.4) is 0 Å². The van der Waals surface area contributed by atoms with Gasteiger partial charge in [0.25, 0.3) is 0 Å². The molecule has 0 amide bonds. The van der Waals surface area contributed by atoms with Crippen LogP contribution in [0.1, 0.15) is 0 Å². The average Bonchev–Trinajstić information content (AvgIpc) is 2.26. The standard InChI is InChI=1S/C10H13ClN4OS/c11-7-1-3-8(4-2-7)16-5-6-17-10(14)15-9(12)13/h1-4H,5-6H2,(H5,12,13,14,15). The molecule has 0 saturated heterocycles. The summed E-state index contributed by atoms with van der Waals surface area (Å²) in [5.74, 6) is 1.22. The minimum atomic E-state index is -0.110. The molecule has 17 heavy (non-hydrogen) atoms. The summed E-state index contributed by atoms with van der Waals surface area (Å²) in [4.78, 5) is 3.58. The lowest BCUT2D eigenvalue weighted by atomic mass is 10.3. The summed E-state index contributed by atoms with van der Waals surface area (Å²) in [5.41, 5.74) is 10.3. The number of hydrogen-bond donors (Lipinski definition) is 3. The molecule has 0 unspecified atom stereocenters. The lowest BCUT2D eigenvalue weighted by Crippen LogP contribution is -2.23. The largest absolute Gasteiger partial charge is 0.493 e. The number of thioether (sulfide) groups is 1. The molecule has 0 aliphatic heterocycles. The van der Waals surface area contributed by atoms with E-state index >= 15 is 0 Å². The zero-order valence-electron chi connectivity index (χ0n) is 9.02. The van der Waals surface area contributed by atoms with Crippen molar-refractivity contribution in [3.63, 3.8) is 0 Å². The Morgan fingerprint density at radius 2 is 2.00 bits per heavy atom. The first-order chi connectivity index (χ1) is 8.08. The molecule has 1 rings (SSSR count). The summed E-state index contributed by atoms with van der Waals surface area (Å²) in [7, 11) is 0. The number of ether oxygens (including phenoxy) is 1. The number of hydrogen-bond acceptors (Lipinski definition) is 3. The molecule has 7 heteroatoms. The van der Waals surface area contributed by atoms with Crippen LogP contribution in [-0.4, -0.2) is 23.5 Å². The summed E-state index contributed by atoms with van der Waals surface area (Å²) >= 11 is 6.95. The molecule has 0 heterocycles. The van der Waals surface area contributed by atoms with Gasteiger partial charge in [-0.05, 0) is 24.3 Å². The summed E-state index contributed by atoms with van der Waals surface area (Å²) < 4.78 is 5.43. The highest BCUT2D eigenvalue weighted by Gasteiger charge is 1.98. The van der Waals surface area contributed by atoms with Crippen LogP contribution in [-0.2, 0) is 0 Å². The summed E-state index contributed by atoms with van der Waals surface area (Å²) in [6, 6.07) is 7.08. The van der Waals surface area contributed by atoms with Gasteiger partial charge in [-0.25, -0.2) is 0 Å². The first-order valence-electron chi connectivity index (χ1n) is 4.77. The zero-order chi connectivity index (χ0) is 12.7. The minimum Gasteiger partial charge on any atom is -0.493 e. The highest BCUT2D eigenvalue weighted by atomic mass is 35.5. The van der Waals surface area contributed by atoms with Gasteiger partial charge in [-0.15, -0.1) is 0 Å². The molecule has 0 spiro atoms. The SMILES string of the molecule is N=C(N=C(N)N)SCCOc1ccc(Cl)cc1. The van der Waals surface area contributed by atoms with E-state index in [0.29, 0.717) is 17.4 Å². The molecule has 0 aromatic heterocycles. The second-order valence-corrected chi connectivity index (χ2v) is 4.51. The molecule has 0 fully saturated rings. The van der Waals surface area contributed by atoms with Gasteiger partial charge in [-0.2, -0.15) is 4.99 Å². The zero-order valence-corrected chi connectivity index (χ0v) is 10.6. The molecule has 0 radical (unpaired) electrons. The van der Waals surface area contributed by atoms with Crippen molar-refractivity contribution in [3.8, 4) is 5.75 Å². The van der Waals surface area contributed by atoms with Gasteiger partial charge in [0.2, 0.25) is 0 Å². The van der Waals surface area contributed by atoms with E-state index in [1.807, 2.05) is 0 Å². The van der Waals surface area contributed by atoms with E-state index in [0.717, 1.165) is 5.75 Å². The van der Waals surface area contributed by atoms with Gasteiger partial charge >= 0.3 is 0 Å². The van der Waals surface area contributed by atoms with Crippen LogP contribution in [0.25, 0.3) is 0 Å². The van der Waals surface area contributed by atoms with Crippen LogP contribution < -0.4 is 16.2 Å². The molecule has 5 N–H and O–H groups in total. The van der Waals surface area contributed by atoms with Crippen molar-refractivity contribution in [1.82, 2.24) is 0 Å². The lowest BCUT2D eigenvalue weighted by molar-refractivity contribution is 0.344. The third-order valence-electron chi connectivity index (χ3n) is 1.64. The molecule has 0 aliphatic carbocycles. The molecule has 5 nitrogen and oxygen atoms in total. The maximum Gasteiger partial charge on any atom is 0.193 e. The number of halogens is 1. The molecular formula is C10H13ClN4OS. The van der Waals surface area contributed by atoms with Crippen molar-refractivity contribution in [3.05, 3.63) is 29.3 Å². The molecule has 0 bridgehead atoms. The molecule has 0 saturated carbocycles. The average molecular weight is 273 g/mol. The highest BCUT2D eigenvalue weighted by Crippen LogP contribution is 2.15. The van der Waals surface area contributed by atoms with Crippen LogP contribution in [0.2, 0.25) is 5.02 Å². The Balaban J connectivity index is 2.22. The van der Waals surface area contributed by atoms with Crippen LogP contribution in [0.5, 0.6) is 5.75 Å². The monoisotopic (exact) mass is 272 g/mol. The molecule has 92 valence electrons. The van der Waals surface area contributed by atoms with E-state index in [4.69, 9.17) is 33.2 Å². The van der Waals surface area contributed by atoms with Crippen LogP contribution in [0.15, 0.2) is 29.3 Å². The second-order valence-electron chi connectivity index (χ2n) is 2.99. The fourth-order valence-electron chi connectivity index (χ4n) is 0.978. The first-order valence-corrected chi connectivity index (χ1v) is 6.13. The van der Waals surface area contributed by atoms with E-state index in [9.17, 15) is 0 Å². The maximum absolute atomic E-state index is 7.37. The Labute approximate surface area is 109 Å². The Morgan fingerprint density at radius 3 is 2.59 bits per heavy atom. The predicted molar refractivity (Wildman–Crippen MR) is 72.9 cm³/mol. The molecule has 1 aromatic carbocycles.